The number of aliphatic hydroxyl groups is 1. The maximum absolute atomic E-state index is 13.3. The number of rotatable bonds is 3. The first-order valence-corrected chi connectivity index (χ1v) is 6.82. The van der Waals surface area contributed by atoms with Gasteiger partial charge in [0, 0.05) is 11.6 Å². The van der Waals surface area contributed by atoms with E-state index in [1.165, 1.54) is 18.2 Å². The Kier molecular flexibility index (Phi) is 5.46. The van der Waals surface area contributed by atoms with Crippen LogP contribution in [0.15, 0.2) is 36.4 Å². The fourth-order valence-electron chi connectivity index (χ4n) is 1.67. The van der Waals surface area contributed by atoms with Gasteiger partial charge < -0.3 is 9.84 Å². The number of hydrogen-bond acceptors (Lipinski definition) is 2. The SMILES string of the molecule is OCC#Cc1ccc(F)cc1OCc1cccc(Cl)c1Cl. The van der Waals surface area contributed by atoms with Crippen LogP contribution in [0.3, 0.4) is 0 Å². The number of hydrogen-bond donors (Lipinski definition) is 1. The Morgan fingerprint density at radius 3 is 2.76 bits per heavy atom. The molecule has 0 radical (unpaired) electrons. The van der Waals surface area contributed by atoms with E-state index in [1.807, 2.05) is 0 Å². The summed E-state index contributed by atoms with van der Waals surface area (Å²) in [6.45, 7) is -0.145. The molecule has 0 heterocycles. The van der Waals surface area contributed by atoms with Crippen molar-refractivity contribution in [2.75, 3.05) is 6.61 Å². The second-order valence-corrected chi connectivity index (χ2v) is 4.89. The molecule has 1 N–H and O–H groups in total. The summed E-state index contributed by atoms with van der Waals surface area (Å²) in [6, 6.07) is 9.21. The van der Waals surface area contributed by atoms with Crippen molar-refractivity contribution >= 4 is 23.2 Å². The molecular formula is C16H11Cl2FO2. The second-order valence-electron chi connectivity index (χ2n) is 4.10. The maximum atomic E-state index is 13.3. The van der Waals surface area contributed by atoms with Gasteiger partial charge in [-0.15, -0.1) is 0 Å². The molecule has 2 aromatic rings. The van der Waals surface area contributed by atoms with Gasteiger partial charge in [0.2, 0.25) is 0 Å². The monoisotopic (exact) mass is 324 g/mol. The van der Waals surface area contributed by atoms with Crippen LogP contribution >= 0.6 is 23.2 Å². The Balaban J connectivity index is 2.23. The third kappa shape index (κ3) is 4.12. The normalized spacial score (nSPS) is 9.90. The minimum absolute atomic E-state index is 0.136. The van der Waals surface area contributed by atoms with Crippen LogP contribution in [0.4, 0.5) is 4.39 Å². The third-order valence-electron chi connectivity index (χ3n) is 2.66. The molecule has 2 aromatic carbocycles. The number of halogens is 3. The molecule has 0 aliphatic rings. The molecule has 0 unspecified atom stereocenters. The number of benzene rings is 2. The molecule has 5 heteroatoms. The molecule has 0 aromatic heterocycles. The summed E-state index contributed by atoms with van der Waals surface area (Å²) in [5.74, 6) is 5.05. The maximum Gasteiger partial charge on any atom is 0.138 e. The summed E-state index contributed by atoms with van der Waals surface area (Å²) in [4.78, 5) is 0. The molecule has 0 saturated heterocycles. The first kappa shape index (κ1) is 15.7. The van der Waals surface area contributed by atoms with E-state index < -0.39 is 5.82 Å². The van der Waals surface area contributed by atoms with Gasteiger partial charge >= 0.3 is 0 Å². The van der Waals surface area contributed by atoms with Crippen molar-refractivity contribution in [1.29, 1.82) is 0 Å². The lowest BCUT2D eigenvalue weighted by Crippen LogP contribution is -1.99. The minimum Gasteiger partial charge on any atom is -0.487 e. The highest BCUT2D eigenvalue weighted by Gasteiger charge is 2.08. The van der Waals surface area contributed by atoms with Crippen LogP contribution < -0.4 is 4.74 Å². The summed E-state index contributed by atoms with van der Waals surface area (Å²) in [5.41, 5.74) is 1.18. The Bertz CT molecular complexity index is 705. The highest BCUT2D eigenvalue weighted by Crippen LogP contribution is 2.27. The van der Waals surface area contributed by atoms with E-state index in [4.69, 9.17) is 33.0 Å². The lowest BCUT2D eigenvalue weighted by Gasteiger charge is -2.10. The van der Waals surface area contributed by atoms with Gasteiger partial charge in [-0.2, -0.15) is 0 Å². The fourth-order valence-corrected chi connectivity index (χ4v) is 2.04. The van der Waals surface area contributed by atoms with Gasteiger partial charge in [-0.25, -0.2) is 4.39 Å². The summed E-state index contributed by atoms with van der Waals surface area (Å²) in [5, 5.41) is 9.56. The van der Waals surface area contributed by atoms with Crippen molar-refractivity contribution in [2.24, 2.45) is 0 Å². The highest BCUT2D eigenvalue weighted by molar-refractivity contribution is 6.42. The van der Waals surface area contributed by atoms with Crippen LogP contribution in [0.25, 0.3) is 0 Å². The summed E-state index contributed by atoms with van der Waals surface area (Å²) >= 11 is 12.0. The Labute approximate surface area is 132 Å². The standard InChI is InChI=1S/C16H11Cl2FO2/c17-14-5-1-3-12(16(14)18)10-21-15-9-13(19)7-6-11(15)4-2-8-20/h1,3,5-7,9,20H,8,10H2. The Morgan fingerprint density at radius 1 is 1.19 bits per heavy atom. The largest absolute Gasteiger partial charge is 0.487 e. The fraction of sp³-hybridized carbons (Fsp3) is 0.125. The van der Waals surface area contributed by atoms with Crippen LogP contribution in [0.1, 0.15) is 11.1 Å². The van der Waals surface area contributed by atoms with Gasteiger partial charge in [0.1, 0.15) is 24.8 Å². The minimum atomic E-state index is -0.434. The van der Waals surface area contributed by atoms with Gasteiger partial charge in [-0.1, -0.05) is 47.2 Å². The second kappa shape index (κ2) is 7.33. The van der Waals surface area contributed by atoms with Gasteiger partial charge in [0.05, 0.1) is 15.6 Å². The first-order valence-electron chi connectivity index (χ1n) is 6.07. The zero-order chi connectivity index (χ0) is 15.2. The van der Waals surface area contributed by atoms with E-state index in [1.54, 1.807) is 18.2 Å². The van der Waals surface area contributed by atoms with Gasteiger partial charge in [-0.3, -0.25) is 0 Å². The third-order valence-corrected chi connectivity index (χ3v) is 3.52. The average molecular weight is 325 g/mol. The zero-order valence-electron chi connectivity index (χ0n) is 10.9. The molecule has 0 amide bonds. The number of ether oxygens (including phenoxy) is 1. The molecule has 108 valence electrons. The molecule has 0 aliphatic carbocycles. The van der Waals surface area contributed by atoms with Crippen LogP contribution in [-0.4, -0.2) is 11.7 Å². The molecule has 2 rings (SSSR count). The zero-order valence-corrected chi connectivity index (χ0v) is 12.4. The number of aliphatic hydroxyl groups excluding tert-OH is 1. The molecule has 0 aliphatic heterocycles. The Morgan fingerprint density at radius 2 is 2.00 bits per heavy atom. The predicted molar refractivity (Wildman–Crippen MR) is 81.2 cm³/mol. The highest BCUT2D eigenvalue weighted by atomic mass is 35.5. The summed E-state index contributed by atoms with van der Waals surface area (Å²) < 4.78 is 18.9. The van der Waals surface area contributed by atoms with Crippen molar-refractivity contribution in [3.63, 3.8) is 0 Å². The average Bonchev–Trinajstić information content (AvgIpc) is 2.48. The van der Waals surface area contributed by atoms with Crippen molar-refractivity contribution in [2.45, 2.75) is 6.61 Å². The molecule has 0 atom stereocenters. The quantitative estimate of drug-likeness (QED) is 0.863. The smallest absolute Gasteiger partial charge is 0.138 e. The topological polar surface area (TPSA) is 29.5 Å². The van der Waals surface area contributed by atoms with Gasteiger partial charge in [0.15, 0.2) is 0 Å². The van der Waals surface area contributed by atoms with Crippen molar-refractivity contribution in [1.82, 2.24) is 0 Å². The van der Waals surface area contributed by atoms with Gasteiger partial charge in [0.25, 0.3) is 0 Å². The van der Waals surface area contributed by atoms with Crippen LogP contribution in [-0.2, 0) is 6.61 Å². The van der Waals surface area contributed by atoms with Crippen molar-refractivity contribution in [3.05, 3.63) is 63.4 Å². The van der Waals surface area contributed by atoms with Crippen LogP contribution in [0.5, 0.6) is 5.75 Å². The Hall–Kier alpha value is -1.73. The first-order chi connectivity index (χ1) is 10.1. The van der Waals surface area contributed by atoms with Crippen LogP contribution in [0, 0.1) is 17.7 Å². The summed E-state index contributed by atoms with van der Waals surface area (Å²) in [6.07, 6.45) is 0. The predicted octanol–water partition coefficient (Wildman–Crippen LogP) is 4.06. The lowest BCUT2D eigenvalue weighted by molar-refractivity contribution is 0.304. The molecule has 21 heavy (non-hydrogen) atoms. The van der Waals surface area contributed by atoms with Crippen molar-refractivity contribution in [3.8, 4) is 17.6 Å². The van der Waals surface area contributed by atoms with E-state index in [2.05, 4.69) is 11.8 Å². The van der Waals surface area contributed by atoms with E-state index in [9.17, 15) is 4.39 Å². The van der Waals surface area contributed by atoms with E-state index in [0.717, 1.165) is 0 Å². The van der Waals surface area contributed by atoms with E-state index in [-0.39, 0.29) is 19.0 Å². The van der Waals surface area contributed by atoms with Crippen LogP contribution in [0.2, 0.25) is 10.0 Å². The molecule has 0 saturated carbocycles. The molecule has 0 bridgehead atoms. The molecular weight excluding hydrogens is 314 g/mol. The summed E-state index contributed by atoms with van der Waals surface area (Å²) in [7, 11) is 0. The molecule has 0 spiro atoms. The van der Waals surface area contributed by atoms with E-state index >= 15 is 0 Å². The van der Waals surface area contributed by atoms with E-state index in [0.29, 0.717) is 21.2 Å². The van der Waals surface area contributed by atoms with Gasteiger partial charge in [-0.05, 0) is 18.2 Å². The molecule has 2 nitrogen and oxygen atoms in total. The van der Waals surface area contributed by atoms with Crippen molar-refractivity contribution < 1.29 is 14.2 Å². The molecule has 0 fully saturated rings. The lowest BCUT2D eigenvalue weighted by atomic mass is 10.2.